The Morgan fingerprint density at radius 3 is 2.28 bits per heavy atom. The van der Waals surface area contributed by atoms with Crippen molar-refractivity contribution >= 4 is 38.0 Å². The molecule has 0 aliphatic heterocycles. The van der Waals surface area contributed by atoms with Crippen LogP contribution in [0, 0.1) is 30.9 Å². The molecule has 50 heavy (non-hydrogen) atoms. The van der Waals surface area contributed by atoms with Gasteiger partial charge in [-0.2, -0.15) is 0 Å². The van der Waals surface area contributed by atoms with E-state index in [1.807, 2.05) is 44.7 Å². The topological polar surface area (TPSA) is 54.1 Å². The largest absolute Gasteiger partial charge is 0.512 e. The minimum atomic E-state index is 0. The van der Waals surface area contributed by atoms with E-state index in [0.717, 1.165) is 54.3 Å². The smallest absolute Gasteiger partial charge is 0.162 e. The van der Waals surface area contributed by atoms with Crippen LogP contribution in [0.3, 0.4) is 0 Å². The Labute approximate surface area is 318 Å². The molecule has 0 aliphatic carbocycles. The number of carbonyl (C=O) groups is 1. The van der Waals surface area contributed by atoms with Crippen LogP contribution < -0.4 is 4.57 Å². The van der Waals surface area contributed by atoms with E-state index in [0.29, 0.717) is 5.92 Å². The van der Waals surface area contributed by atoms with Gasteiger partial charge in [0.15, 0.2) is 5.78 Å². The van der Waals surface area contributed by atoms with Crippen molar-refractivity contribution in [3.63, 3.8) is 0 Å². The Bertz CT molecular complexity index is 1910. The third-order valence-corrected chi connectivity index (χ3v) is 10.4. The van der Waals surface area contributed by atoms with Gasteiger partial charge in [0.2, 0.25) is 0 Å². The molecule has 5 rings (SSSR count). The minimum Gasteiger partial charge on any atom is -0.512 e. The molecule has 3 aromatic heterocycles. The number of aliphatic hydroxyl groups is 1. The van der Waals surface area contributed by atoms with Crippen molar-refractivity contribution in [3.8, 4) is 22.4 Å². The van der Waals surface area contributed by atoms with E-state index >= 15 is 0 Å². The number of allylic oxidation sites excluding steroid dienone is 2. The number of pyridine rings is 2. The second-order valence-corrected chi connectivity index (χ2v) is 15.5. The van der Waals surface area contributed by atoms with Gasteiger partial charge in [0.25, 0.3) is 0 Å². The molecule has 0 amide bonds. The third-order valence-electron chi connectivity index (χ3n) is 9.48. The summed E-state index contributed by atoms with van der Waals surface area (Å²) < 4.78 is 3.19. The summed E-state index contributed by atoms with van der Waals surface area (Å²) in [4.78, 5) is 16.3. The van der Waals surface area contributed by atoms with Crippen molar-refractivity contribution in [2.45, 2.75) is 99.8 Å². The molecule has 0 saturated heterocycles. The van der Waals surface area contributed by atoms with Crippen LogP contribution in [0.5, 0.6) is 0 Å². The summed E-state index contributed by atoms with van der Waals surface area (Å²) in [5.74, 6) is 1.15. The molecule has 0 bridgehead atoms. The van der Waals surface area contributed by atoms with Crippen LogP contribution in [0.4, 0.5) is 0 Å². The fourth-order valence-electron chi connectivity index (χ4n) is 6.56. The van der Waals surface area contributed by atoms with Crippen LogP contribution in [-0.4, -0.2) is 15.9 Å². The fraction of sp³-hybridized carbons (Fsp3) is 0.409. The maximum atomic E-state index is 11.7. The SMILES string of the molecule is CCC(CC)C(=O)/C=C(\O)C(CC)CC.[CH2-][n+]1ccc(-c2cncc3scc(CC(C)C)c23)cc1-c1[c-]c2ccccc2c(C(C)(C)C)c1.[Ir]. The zero-order valence-corrected chi connectivity index (χ0v) is 34.6. The summed E-state index contributed by atoms with van der Waals surface area (Å²) in [6, 6.07) is 18.9. The molecule has 2 aromatic carbocycles. The van der Waals surface area contributed by atoms with Gasteiger partial charge in [-0.05, 0) is 72.1 Å². The molecule has 0 atom stereocenters. The number of aromatic nitrogens is 2. The van der Waals surface area contributed by atoms with Crippen molar-refractivity contribution < 1.29 is 34.6 Å². The summed E-state index contributed by atoms with van der Waals surface area (Å²) in [5.41, 5.74) is 7.21. The van der Waals surface area contributed by atoms with Gasteiger partial charge in [0.1, 0.15) is 5.69 Å². The van der Waals surface area contributed by atoms with Gasteiger partial charge in [-0.1, -0.05) is 91.5 Å². The maximum Gasteiger partial charge on any atom is 0.162 e. The minimum absolute atomic E-state index is 0. The Morgan fingerprint density at radius 2 is 1.66 bits per heavy atom. The first-order valence-corrected chi connectivity index (χ1v) is 18.8. The van der Waals surface area contributed by atoms with Gasteiger partial charge in [-0.3, -0.25) is 9.78 Å². The van der Waals surface area contributed by atoms with Crippen molar-refractivity contribution in [2.75, 3.05) is 0 Å². The van der Waals surface area contributed by atoms with Crippen LogP contribution in [0.15, 0.2) is 78.3 Å². The maximum absolute atomic E-state index is 11.7. The Hall–Kier alpha value is -3.31. The molecule has 0 saturated carbocycles. The van der Waals surface area contributed by atoms with Gasteiger partial charge in [0, 0.05) is 68.4 Å². The molecular formula is C44H55IrN2O2S-. The second-order valence-electron chi connectivity index (χ2n) is 14.6. The number of nitrogens with zero attached hydrogens (tertiary/aromatic N) is 2. The predicted octanol–water partition coefficient (Wildman–Crippen LogP) is 11.9. The van der Waals surface area contributed by atoms with Gasteiger partial charge in [0.05, 0.1) is 16.7 Å². The summed E-state index contributed by atoms with van der Waals surface area (Å²) >= 11 is 1.79. The molecule has 1 radical (unpaired) electrons. The van der Waals surface area contributed by atoms with E-state index < -0.39 is 0 Å². The van der Waals surface area contributed by atoms with E-state index in [-0.39, 0.29) is 48.9 Å². The number of hydrogen-bond donors (Lipinski definition) is 1. The van der Waals surface area contributed by atoms with Crippen LogP contribution >= 0.6 is 11.3 Å². The van der Waals surface area contributed by atoms with Crippen molar-refractivity contribution in [3.05, 3.63) is 103 Å². The normalized spacial score (nSPS) is 12.0. The molecule has 0 unspecified atom stereocenters. The first-order valence-electron chi connectivity index (χ1n) is 17.9. The molecule has 3 heterocycles. The monoisotopic (exact) mass is 868 g/mol. The number of benzene rings is 2. The Kier molecular flexibility index (Phi) is 15.0. The van der Waals surface area contributed by atoms with E-state index in [1.165, 1.54) is 38.2 Å². The molecule has 0 fully saturated rings. The Morgan fingerprint density at radius 1 is 1.00 bits per heavy atom. The van der Waals surface area contributed by atoms with Gasteiger partial charge in [-0.15, -0.1) is 40.5 Å². The third kappa shape index (κ3) is 9.72. The van der Waals surface area contributed by atoms with Gasteiger partial charge >= 0.3 is 0 Å². The zero-order valence-electron chi connectivity index (χ0n) is 31.4. The molecule has 6 heteroatoms. The standard InChI is InChI=1S/C31H31N2S.C13H24O2.Ir/c1-20(2)13-24-19-34-29-18-32-17-26(30(24)29)22-11-12-33(6)28(16-22)23-14-21-9-7-8-10-25(21)27(15-23)31(3,4)5;1-5-10(6-2)12(14)9-13(15)11(7-3)8-4;/h7-12,15-20H,6,13H2,1-5H3;9-11,14H,5-8H2,1-4H3;/q-1;;/b;12-9-;. The molecule has 0 aliphatic rings. The van der Waals surface area contributed by atoms with Gasteiger partial charge in [-0.25, -0.2) is 0 Å². The molecule has 4 nitrogen and oxygen atoms in total. The average molecular weight is 868 g/mol. The van der Waals surface area contributed by atoms with E-state index in [2.05, 4.69) is 107 Å². The van der Waals surface area contributed by atoms with Crippen LogP contribution in [0.1, 0.15) is 99.1 Å². The molecule has 269 valence electrons. The van der Waals surface area contributed by atoms with Crippen molar-refractivity contribution in [2.24, 2.45) is 17.8 Å². The molecule has 0 spiro atoms. The van der Waals surface area contributed by atoms with Crippen molar-refractivity contribution in [1.29, 1.82) is 0 Å². The van der Waals surface area contributed by atoms with Gasteiger partial charge < -0.3 is 9.67 Å². The second kappa shape index (κ2) is 18.3. The summed E-state index contributed by atoms with van der Waals surface area (Å²) in [6.45, 7) is 19.4. The number of hydrogen-bond acceptors (Lipinski definition) is 4. The summed E-state index contributed by atoms with van der Waals surface area (Å²) in [6.07, 6.45) is 12.0. The Balaban J connectivity index is 0.000000361. The van der Waals surface area contributed by atoms with E-state index in [9.17, 15) is 9.90 Å². The van der Waals surface area contributed by atoms with E-state index in [4.69, 9.17) is 0 Å². The summed E-state index contributed by atoms with van der Waals surface area (Å²) in [5, 5.41) is 15.8. The predicted molar refractivity (Wildman–Crippen MR) is 209 cm³/mol. The molecule has 5 aromatic rings. The molecular weight excluding hydrogens is 813 g/mol. The van der Waals surface area contributed by atoms with Crippen LogP contribution in [0.25, 0.3) is 43.2 Å². The number of rotatable bonds is 11. The quantitative estimate of drug-likeness (QED) is 0.0623. The van der Waals surface area contributed by atoms with E-state index in [1.54, 1.807) is 11.3 Å². The fourth-order valence-corrected chi connectivity index (χ4v) is 7.53. The average Bonchev–Trinajstić information content (AvgIpc) is 3.47. The summed E-state index contributed by atoms with van der Waals surface area (Å²) in [7, 11) is 4.30. The zero-order chi connectivity index (χ0) is 35.9. The van der Waals surface area contributed by atoms with Crippen LogP contribution in [0.2, 0.25) is 0 Å². The first kappa shape index (κ1) is 41.1. The number of aliphatic hydroxyl groups excluding tert-OH is 1. The first-order chi connectivity index (χ1) is 23.3. The number of thiophene rings is 1. The number of fused-ring (bicyclic) bond motifs is 2. The van der Waals surface area contributed by atoms with Crippen LogP contribution in [-0.2, 0) is 36.7 Å². The number of carbonyl (C=O) groups excluding carboxylic acids is 1. The number of ketones is 1. The molecule has 1 N–H and O–H groups in total. The van der Waals surface area contributed by atoms with Crippen molar-refractivity contribution in [1.82, 2.24) is 4.98 Å².